The average molecular weight is 327 g/mol. The lowest BCUT2D eigenvalue weighted by Gasteiger charge is -2.33. The van der Waals surface area contributed by atoms with E-state index in [-0.39, 0.29) is 24.4 Å². The molecule has 0 radical (unpaired) electrons. The van der Waals surface area contributed by atoms with Crippen LogP contribution in [-0.4, -0.2) is 24.1 Å². The quantitative estimate of drug-likeness (QED) is 0.821. The number of amides is 1. The van der Waals surface area contributed by atoms with Gasteiger partial charge in [0.25, 0.3) is 0 Å². The Labute approximate surface area is 142 Å². The number of nitrogens with zero attached hydrogens (tertiary/aromatic N) is 1. The molecule has 126 valence electrons. The van der Waals surface area contributed by atoms with Crippen molar-refractivity contribution in [2.75, 3.05) is 13.1 Å². The molecule has 1 aliphatic heterocycles. The first-order chi connectivity index (χ1) is 11.6. The van der Waals surface area contributed by atoms with Gasteiger partial charge in [0.1, 0.15) is 12.4 Å². The summed E-state index contributed by atoms with van der Waals surface area (Å²) in [6.45, 7) is 3.55. The van der Waals surface area contributed by atoms with Crippen LogP contribution in [0.3, 0.4) is 0 Å². The normalized spacial score (nSPS) is 17.6. The molecule has 24 heavy (non-hydrogen) atoms. The topological polar surface area (TPSA) is 29.5 Å². The number of benzene rings is 2. The molecule has 2 aromatic carbocycles. The number of ether oxygens (including phenoxy) is 1. The third-order valence-electron chi connectivity index (χ3n) is 4.56. The Kier molecular flexibility index (Phi) is 5.14. The maximum absolute atomic E-state index is 13.3. The fourth-order valence-corrected chi connectivity index (χ4v) is 3.30. The minimum atomic E-state index is -0.275. The standard InChI is InChI=1S/C20H22FNO2/c1-15-12-18(21)9-10-19(15)17-8-5-11-22(13-17)20(23)24-14-16-6-3-2-4-7-16/h2-4,6-7,9-10,12,17H,5,8,11,13-14H2,1H3/t17-/m1/s1. The second-order valence-corrected chi connectivity index (χ2v) is 6.33. The predicted molar refractivity (Wildman–Crippen MR) is 91.3 cm³/mol. The molecule has 4 heteroatoms. The van der Waals surface area contributed by atoms with Gasteiger partial charge in [0.2, 0.25) is 0 Å². The van der Waals surface area contributed by atoms with Gasteiger partial charge in [-0.05, 0) is 48.6 Å². The number of carbonyl (C=O) groups excluding carboxylic acids is 1. The summed E-state index contributed by atoms with van der Waals surface area (Å²) in [4.78, 5) is 14.1. The number of hydrogen-bond acceptors (Lipinski definition) is 2. The number of carbonyl (C=O) groups is 1. The maximum Gasteiger partial charge on any atom is 0.410 e. The number of halogens is 1. The highest BCUT2D eigenvalue weighted by atomic mass is 19.1. The Morgan fingerprint density at radius 3 is 2.79 bits per heavy atom. The van der Waals surface area contributed by atoms with Gasteiger partial charge in [0, 0.05) is 19.0 Å². The molecule has 1 aliphatic rings. The largest absolute Gasteiger partial charge is 0.445 e. The monoisotopic (exact) mass is 327 g/mol. The summed E-state index contributed by atoms with van der Waals surface area (Å²) in [5.41, 5.74) is 3.05. The van der Waals surface area contributed by atoms with Gasteiger partial charge in [-0.2, -0.15) is 0 Å². The molecular formula is C20H22FNO2. The lowest BCUT2D eigenvalue weighted by molar-refractivity contribution is 0.0858. The SMILES string of the molecule is Cc1cc(F)ccc1[C@@H]1CCCN(C(=O)OCc2ccccc2)C1. The lowest BCUT2D eigenvalue weighted by Crippen LogP contribution is -2.39. The molecule has 0 unspecified atom stereocenters. The third-order valence-corrected chi connectivity index (χ3v) is 4.56. The Morgan fingerprint density at radius 2 is 2.04 bits per heavy atom. The van der Waals surface area contributed by atoms with E-state index in [1.54, 1.807) is 11.0 Å². The van der Waals surface area contributed by atoms with Gasteiger partial charge in [0.05, 0.1) is 0 Å². The summed E-state index contributed by atoms with van der Waals surface area (Å²) >= 11 is 0. The van der Waals surface area contributed by atoms with Crippen molar-refractivity contribution in [1.29, 1.82) is 0 Å². The van der Waals surface area contributed by atoms with Crippen LogP contribution >= 0.6 is 0 Å². The van der Waals surface area contributed by atoms with Gasteiger partial charge in [-0.15, -0.1) is 0 Å². The van der Waals surface area contributed by atoms with Gasteiger partial charge in [-0.3, -0.25) is 0 Å². The minimum Gasteiger partial charge on any atom is -0.445 e. The Bertz CT molecular complexity index is 702. The minimum absolute atomic E-state index is 0.216. The first-order valence-corrected chi connectivity index (χ1v) is 8.35. The molecule has 0 spiro atoms. The number of piperidine rings is 1. The molecule has 3 nitrogen and oxygen atoms in total. The zero-order valence-corrected chi connectivity index (χ0v) is 13.9. The van der Waals surface area contributed by atoms with Crippen LogP contribution in [-0.2, 0) is 11.3 Å². The summed E-state index contributed by atoms with van der Waals surface area (Å²) in [7, 11) is 0. The lowest BCUT2D eigenvalue weighted by atomic mass is 9.88. The van der Waals surface area contributed by atoms with Gasteiger partial charge in [0.15, 0.2) is 0 Å². The van der Waals surface area contributed by atoms with Crippen LogP contribution in [0.1, 0.15) is 35.4 Å². The number of rotatable bonds is 3. The van der Waals surface area contributed by atoms with E-state index in [0.29, 0.717) is 13.1 Å². The van der Waals surface area contributed by atoms with Crippen LogP contribution in [0.4, 0.5) is 9.18 Å². The van der Waals surface area contributed by atoms with Crippen molar-refractivity contribution < 1.29 is 13.9 Å². The highest BCUT2D eigenvalue weighted by molar-refractivity contribution is 5.68. The summed E-state index contributed by atoms with van der Waals surface area (Å²) in [5, 5.41) is 0. The number of likely N-dealkylation sites (tertiary alicyclic amines) is 1. The summed E-state index contributed by atoms with van der Waals surface area (Å²) in [5.74, 6) is 0.0230. The van der Waals surface area contributed by atoms with Crippen molar-refractivity contribution in [3.8, 4) is 0 Å². The van der Waals surface area contributed by atoms with Crippen LogP contribution < -0.4 is 0 Å². The van der Waals surface area contributed by atoms with Crippen molar-refractivity contribution in [1.82, 2.24) is 4.90 Å². The summed E-state index contributed by atoms with van der Waals surface area (Å²) < 4.78 is 18.7. The molecule has 2 aromatic rings. The molecule has 1 amide bonds. The zero-order chi connectivity index (χ0) is 16.9. The van der Waals surface area contributed by atoms with Crippen LogP contribution in [0, 0.1) is 12.7 Å². The van der Waals surface area contributed by atoms with Crippen molar-refractivity contribution in [3.63, 3.8) is 0 Å². The molecule has 1 heterocycles. The van der Waals surface area contributed by atoms with Gasteiger partial charge in [-0.25, -0.2) is 9.18 Å². The van der Waals surface area contributed by atoms with Crippen molar-refractivity contribution in [3.05, 3.63) is 71.0 Å². The van der Waals surface area contributed by atoms with E-state index in [1.807, 2.05) is 43.3 Å². The fourth-order valence-electron chi connectivity index (χ4n) is 3.30. The molecule has 0 aliphatic carbocycles. The number of hydrogen-bond donors (Lipinski definition) is 0. The second-order valence-electron chi connectivity index (χ2n) is 6.33. The Hall–Kier alpha value is -2.36. The third kappa shape index (κ3) is 3.94. The van der Waals surface area contributed by atoms with Crippen molar-refractivity contribution >= 4 is 6.09 Å². The molecule has 0 N–H and O–H groups in total. The predicted octanol–water partition coefficient (Wildman–Crippen LogP) is 4.65. The van der Waals surface area contributed by atoms with Gasteiger partial charge < -0.3 is 9.64 Å². The summed E-state index contributed by atoms with van der Waals surface area (Å²) in [6, 6.07) is 14.6. The number of aryl methyl sites for hydroxylation is 1. The van der Waals surface area contributed by atoms with E-state index in [4.69, 9.17) is 4.74 Å². The van der Waals surface area contributed by atoms with Crippen LogP contribution in [0.2, 0.25) is 0 Å². The highest BCUT2D eigenvalue weighted by Crippen LogP contribution is 2.29. The maximum atomic E-state index is 13.3. The van der Waals surface area contributed by atoms with Crippen LogP contribution in [0.5, 0.6) is 0 Å². The van der Waals surface area contributed by atoms with E-state index >= 15 is 0 Å². The first-order valence-electron chi connectivity index (χ1n) is 8.35. The molecule has 1 atom stereocenters. The molecule has 0 bridgehead atoms. The highest BCUT2D eigenvalue weighted by Gasteiger charge is 2.26. The zero-order valence-electron chi connectivity index (χ0n) is 13.9. The Morgan fingerprint density at radius 1 is 1.25 bits per heavy atom. The van der Waals surface area contributed by atoms with Crippen molar-refractivity contribution in [2.45, 2.75) is 32.3 Å². The van der Waals surface area contributed by atoms with Crippen LogP contribution in [0.15, 0.2) is 48.5 Å². The van der Waals surface area contributed by atoms with E-state index in [0.717, 1.165) is 29.5 Å². The van der Waals surface area contributed by atoms with Gasteiger partial charge in [-0.1, -0.05) is 36.4 Å². The molecule has 1 saturated heterocycles. The molecule has 0 aromatic heterocycles. The van der Waals surface area contributed by atoms with E-state index in [9.17, 15) is 9.18 Å². The Balaban J connectivity index is 1.61. The van der Waals surface area contributed by atoms with E-state index in [1.165, 1.54) is 6.07 Å². The molecule has 0 saturated carbocycles. The van der Waals surface area contributed by atoms with E-state index in [2.05, 4.69) is 0 Å². The van der Waals surface area contributed by atoms with Gasteiger partial charge >= 0.3 is 6.09 Å². The fraction of sp³-hybridized carbons (Fsp3) is 0.350. The van der Waals surface area contributed by atoms with E-state index < -0.39 is 0 Å². The van der Waals surface area contributed by atoms with Crippen LogP contribution in [0.25, 0.3) is 0 Å². The molecule has 3 rings (SSSR count). The molecule has 1 fully saturated rings. The average Bonchev–Trinajstić information content (AvgIpc) is 2.60. The van der Waals surface area contributed by atoms with Crippen molar-refractivity contribution in [2.24, 2.45) is 0 Å². The smallest absolute Gasteiger partial charge is 0.410 e. The summed E-state index contributed by atoms with van der Waals surface area (Å²) in [6.07, 6.45) is 1.67. The second kappa shape index (κ2) is 7.47. The first kappa shape index (κ1) is 16.5. The molecular weight excluding hydrogens is 305 g/mol.